The number of carbonyl (C=O) groups is 2. The normalized spacial score (nSPS) is 12.1. The van der Waals surface area contributed by atoms with E-state index < -0.39 is 5.97 Å². The number of nitrogens with one attached hydrogen (secondary N) is 1. The number of oxazole rings is 1. The van der Waals surface area contributed by atoms with Crippen LogP contribution < -0.4 is 14.8 Å². The number of ether oxygens (including phenoxy) is 3. The Balaban J connectivity index is 1.18. The van der Waals surface area contributed by atoms with Crippen LogP contribution in [0.25, 0.3) is 11.1 Å². The molecule has 1 N–H and O–H groups in total. The molecule has 8 nitrogen and oxygen atoms in total. The van der Waals surface area contributed by atoms with Gasteiger partial charge < -0.3 is 23.9 Å². The Morgan fingerprint density at radius 1 is 1.11 bits per heavy atom. The molecule has 8 heteroatoms. The van der Waals surface area contributed by atoms with Crippen LogP contribution in [0.3, 0.4) is 0 Å². The lowest BCUT2D eigenvalue weighted by molar-refractivity contribution is -0.148. The van der Waals surface area contributed by atoms with Crippen molar-refractivity contribution < 1.29 is 28.2 Å². The van der Waals surface area contributed by atoms with Crippen molar-refractivity contribution in [1.29, 1.82) is 0 Å². The van der Waals surface area contributed by atoms with Gasteiger partial charge in [0.15, 0.2) is 29.6 Å². The Kier molecular flexibility index (Phi) is 5.09. The molecule has 1 aromatic heterocycles. The van der Waals surface area contributed by atoms with Gasteiger partial charge in [0.05, 0.1) is 6.42 Å². The van der Waals surface area contributed by atoms with Crippen LogP contribution in [0.5, 0.6) is 11.5 Å². The average molecular weight is 382 g/mol. The number of esters is 1. The first-order valence-corrected chi connectivity index (χ1v) is 8.83. The number of para-hydroxylation sites is 2. The molecule has 0 saturated carbocycles. The second kappa shape index (κ2) is 7.99. The lowest BCUT2D eigenvalue weighted by atomic mass is 10.2. The molecule has 1 amide bonds. The minimum absolute atomic E-state index is 0.0856. The Labute approximate surface area is 160 Å². The summed E-state index contributed by atoms with van der Waals surface area (Å²) in [5, 5.41) is 2.69. The van der Waals surface area contributed by atoms with Crippen LogP contribution >= 0.6 is 0 Å². The van der Waals surface area contributed by atoms with Crippen molar-refractivity contribution in [1.82, 2.24) is 10.3 Å². The fraction of sp³-hybridized carbons (Fsp3) is 0.250. The lowest BCUT2D eigenvalue weighted by Crippen LogP contribution is -2.28. The van der Waals surface area contributed by atoms with E-state index in [-0.39, 0.29) is 25.7 Å². The van der Waals surface area contributed by atoms with Crippen LogP contribution in [-0.2, 0) is 27.3 Å². The van der Waals surface area contributed by atoms with Crippen molar-refractivity contribution in [2.75, 3.05) is 13.4 Å². The molecule has 0 radical (unpaired) electrons. The predicted octanol–water partition coefficient (Wildman–Crippen LogP) is 2.35. The van der Waals surface area contributed by atoms with Crippen molar-refractivity contribution in [3.05, 3.63) is 53.9 Å². The van der Waals surface area contributed by atoms with Crippen LogP contribution in [0.4, 0.5) is 0 Å². The number of nitrogens with zero attached hydrogens (tertiary/aromatic N) is 1. The van der Waals surface area contributed by atoms with Crippen LogP contribution in [0.2, 0.25) is 0 Å². The van der Waals surface area contributed by atoms with Crippen molar-refractivity contribution in [3.8, 4) is 11.5 Å². The van der Waals surface area contributed by atoms with Crippen molar-refractivity contribution >= 4 is 23.0 Å². The number of rotatable bonds is 7. The van der Waals surface area contributed by atoms with E-state index in [2.05, 4.69) is 10.3 Å². The minimum Gasteiger partial charge on any atom is -0.456 e. The molecule has 0 saturated heterocycles. The summed E-state index contributed by atoms with van der Waals surface area (Å²) in [5.41, 5.74) is 2.28. The quantitative estimate of drug-likeness (QED) is 0.626. The van der Waals surface area contributed by atoms with E-state index in [9.17, 15) is 9.59 Å². The van der Waals surface area contributed by atoms with E-state index in [1.807, 2.05) is 30.3 Å². The summed E-state index contributed by atoms with van der Waals surface area (Å²) >= 11 is 0. The fourth-order valence-electron chi connectivity index (χ4n) is 2.76. The molecule has 4 rings (SSSR count). The fourth-order valence-corrected chi connectivity index (χ4v) is 2.76. The van der Waals surface area contributed by atoms with Gasteiger partial charge in [-0.1, -0.05) is 18.2 Å². The summed E-state index contributed by atoms with van der Waals surface area (Å²) < 4.78 is 21.1. The van der Waals surface area contributed by atoms with Gasteiger partial charge in [-0.05, 0) is 29.8 Å². The predicted molar refractivity (Wildman–Crippen MR) is 97.7 cm³/mol. The number of hydrogen-bond acceptors (Lipinski definition) is 7. The smallest absolute Gasteiger partial charge is 0.306 e. The minimum atomic E-state index is -0.486. The zero-order chi connectivity index (χ0) is 19.3. The van der Waals surface area contributed by atoms with E-state index in [0.29, 0.717) is 35.9 Å². The zero-order valence-electron chi connectivity index (χ0n) is 15.0. The van der Waals surface area contributed by atoms with Crippen LogP contribution in [-0.4, -0.2) is 30.3 Å². The first kappa shape index (κ1) is 17.8. The van der Waals surface area contributed by atoms with E-state index in [1.165, 1.54) is 0 Å². The molecule has 3 aromatic rings. The SMILES string of the molecule is O=C(COC(=O)CCc1nc2ccccc2o1)NCc1ccc2c(c1)OCO2. The Morgan fingerprint density at radius 3 is 2.86 bits per heavy atom. The first-order valence-electron chi connectivity index (χ1n) is 8.83. The largest absolute Gasteiger partial charge is 0.456 e. The molecule has 0 unspecified atom stereocenters. The van der Waals surface area contributed by atoms with Crippen molar-refractivity contribution in [3.63, 3.8) is 0 Å². The Bertz CT molecular complexity index is 980. The van der Waals surface area contributed by atoms with Crippen LogP contribution in [0.1, 0.15) is 17.9 Å². The van der Waals surface area contributed by atoms with Gasteiger partial charge in [0.1, 0.15) is 5.52 Å². The topological polar surface area (TPSA) is 99.9 Å². The van der Waals surface area contributed by atoms with E-state index in [1.54, 1.807) is 12.1 Å². The molecule has 0 aliphatic carbocycles. The van der Waals surface area contributed by atoms with Crippen molar-refractivity contribution in [2.24, 2.45) is 0 Å². The summed E-state index contributed by atoms with van der Waals surface area (Å²) in [6.45, 7) is 0.164. The summed E-state index contributed by atoms with van der Waals surface area (Å²) in [6.07, 6.45) is 0.397. The van der Waals surface area contributed by atoms with Crippen LogP contribution in [0, 0.1) is 0 Å². The van der Waals surface area contributed by atoms with Gasteiger partial charge >= 0.3 is 5.97 Å². The van der Waals surface area contributed by atoms with Gasteiger partial charge in [-0.2, -0.15) is 0 Å². The first-order chi connectivity index (χ1) is 13.7. The number of fused-ring (bicyclic) bond motifs is 2. The summed E-state index contributed by atoms with van der Waals surface area (Å²) in [7, 11) is 0. The number of hydrogen-bond donors (Lipinski definition) is 1. The second-order valence-electron chi connectivity index (χ2n) is 6.20. The summed E-state index contributed by atoms with van der Waals surface area (Å²) in [6, 6.07) is 12.8. The van der Waals surface area contributed by atoms with Gasteiger partial charge in [-0.3, -0.25) is 9.59 Å². The molecular formula is C20H18N2O6. The standard InChI is InChI=1S/C20H18N2O6/c23-18(21-10-13-5-6-16-17(9-13)27-12-26-16)11-25-20(24)8-7-19-22-14-3-1-2-4-15(14)28-19/h1-6,9H,7-8,10-12H2,(H,21,23). The number of benzene rings is 2. The third-order valence-corrected chi connectivity index (χ3v) is 4.17. The number of amides is 1. The highest BCUT2D eigenvalue weighted by Gasteiger charge is 2.14. The van der Waals surface area contributed by atoms with Gasteiger partial charge in [0.25, 0.3) is 5.91 Å². The molecule has 2 heterocycles. The number of aryl methyl sites for hydroxylation is 1. The van der Waals surface area contributed by atoms with Crippen LogP contribution in [0.15, 0.2) is 46.9 Å². The maximum absolute atomic E-state index is 11.9. The third kappa shape index (κ3) is 4.22. The molecule has 2 aromatic carbocycles. The van der Waals surface area contributed by atoms with Gasteiger partial charge in [0.2, 0.25) is 6.79 Å². The molecular weight excluding hydrogens is 364 g/mol. The third-order valence-electron chi connectivity index (χ3n) is 4.17. The van der Waals surface area contributed by atoms with E-state index >= 15 is 0 Å². The Hall–Kier alpha value is -3.55. The Morgan fingerprint density at radius 2 is 1.96 bits per heavy atom. The number of carbonyl (C=O) groups excluding carboxylic acids is 2. The van der Waals surface area contributed by atoms with E-state index in [0.717, 1.165) is 11.1 Å². The molecule has 0 atom stereocenters. The van der Waals surface area contributed by atoms with Gasteiger partial charge in [-0.25, -0.2) is 4.98 Å². The highest BCUT2D eigenvalue weighted by Crippen LogP contribution is 2.32. The van der Waals surface area contributed by atoms with E-state index in [4.69, 9.17) is 18.6 Å². The highest BCUT2D eigenvalue weighted by molar-refractivity contribution is 5.80. The van der Waals surface area contributed by atoms with Gasteiger partial charge in [-0.15, -0.1) is 0 Å². The van der Waals surface area contributed by atoms with Crippen molar-refractivity contribution in [2.45, 2.75) is 19.4 Å². The highest BCUT2D eigenvalue weighted by atomic mass is 16.7. The summed E-state index contributed by atoms with van der Waals surface area (Å²) in [5.74, 6) is 0.930. The maximum Gasteiger partial charge on any atom is 0.306 e. The monoisotopic (exact) mass is 382 g/mol. The molecule has 28 heavy (non-hydrogen) atoms. The maximum atomic E-state index is 11.9. The molecule has 1 aliphatic rings. The average Bonchev–Trinajstić information content (AvgIpc) is 3.34. The van der Waals surface area contributed by atoms with Gasteiger partial charge in [0, 0.05) is 13.0 Å². The molecule has 144 valence electrons. The summed E-state index contributed by atoms with van der Waals surface area (Å²) in [4.78, 5) is 28.0. The molecule has 0 spiro atoms. The molecule has 0 fully saturated rings. The molecule has 0 bridgehead atoms. The second-order valence-corrected chi connectivity index (χ2v) is 6.20. The molecule has 1 aliphatic heterocycles. The number of aromatic nitrogens is 1. The lowest BCUT2D eigenvalue weighted by Gasteiger charge is -2.07. The zero-order valence-corrected chi connectivity index (χ0v) is 15.0.